The van der Waals surface area contributed by atoms with E-state index in [-0.39, 0.29) is 0 Å². The molecule has 18 heavy (non-hydrogen) atoms. The number of hydrogen-bond acceptors (Lipinski definition) is 1. The molecule has 2 aromatic rings. The molecule has 1 aromatic heterocycles. The molecule has 2 heteroatoms. The van der Waals surface area contributed by atoms with E-state index >= 15 is 0 Å². The van der Waals surface area contributed by atoms with Crippen LogP contribution < -0.4 is 0 Å². The highest BCUT2D eigenvalue weighted by atomic mass is 15.1. The summed E-state index contributed by atoms with van der Waals surface area (Å²) >= 11 is 0. The lowest BCUT2D eigenvalue weighted by atomic mass is 10.2. The molecule has 0 fully saturated rings. The van der Waals surface area contributed by atoms with Crippen LogP contribution in [-0.4, -0.2) is 9.55 Å². The molecular formula is C16H22N2. The number of rotatable bonds is 6. The van der Waals surface area contributed by atoms with Crippen molar-refractivity contribution in [2.24, 2.45) is 0 Å². The standard InChI is InChI=1S/C16H22N2/c1-4-5-6-11-16-17-14-9-7-8-10-15(14)18(16)12-13(2)3/h7-10H,2,4-6,11-12H2,1,3H3. The van der Waals surface area contributed by atoms with E-state index in [4.69, 9.17) is 4.98 Å². The van der Waals surface area contributed by atoms with E-state index in [1.165, 1.54) is 36.2 Å². The number of benzene rings is 1. The van der Waals surface area contributed by atoms with Crippen LogP contribution in [0.2, 0.25) is 0 Å². The topological polar surface area (TPSA) is 17.8 Å². The van der Waals surface area contributed by atoms with Crippen LogP contribution in [0.4, 0.5) is 0 Å². The number of aromatic nitrogens is 2. The van der Waals surface area contributed by atoms with Crippen molar-refractivity contribution in [1.82, 2.24) is 9.55 Å². The Hall–Kier alpha value is -1.57. The summed E-state index contributed by atoms with van der Waals surface area (Å²) in [6.45, 7) is 9.21. The van der Waals surface area contributed by atoms with Crippen LogP contribution in [0, 0.1) is 0 Å². The van der Waals surface area contributed by atoms with Gasteiger partial charge >= 0.3 is 0 Å². The van der Waals surface area contributed by atoms with Crippen molar-refractivity contribution >= 4 is 11.0 Å². The number of nitrogens with zero attached hydrogens (tertiary/aromatic N) is 2. The minimum absolute atomic E-state index is 0.877. The molecule has 1 aromatic carbocycles. The molecule has 0 radical (unpaired) electrons. The largest absolute Gasteiger partial charge is 0.324 e. The van der Waals surface area contributed by atoms with Crippen molar-refractivity contribution in [3.8, 4) is 0 Å². The van der Waals surface area contributed by atoms with E-state index in [2.05, 4.69) is 49.3 Å². The third kappa shape index (κ3) is 2.81. The fourth-order valence-electron chi connectivity index (χ4n) is 2.30. The van der Waals surface area contributed by atoms with Crippen LogP contribution in [-0.2, 0) is 13.0 Å². The Balaban J connectivity index is 2.33. The van der Waals surface area contributed by atoms with Crippen LogP contribution >= 0.6 is 0 Å². The second-order valence-electron chi connectivity index (χ2n) is 5.02. The average molecular weight is 242 g/mol. The summed E-state index contributed by atoms with van der Waals surface area (Å²) in [5.41, 5.74) is 3.51. The van der Waals surface area contributed by atoms with Crippen molar-refractivity contribution in [3.05, 3.63) is 42.2 Å². The second-order valence-corrected chi connectivity index (χ2v) is 5.02. The summed E-state index contributed by atoms with van der Waals surface area (Å²) in [6.07, 6.45) is 4.81. The van der Waals surface area contributed by atoms with Gasteiger partial charge in [-0.3, -0.25) is 0 Å². The predicted molar refractivity (Wildman–Crippen MR) is 77.8 cm³/mol. The fraction of sp³-hybridized carbons (Fsp3) is 0.438. The van der Waals surface area contributed by atoms with Crippen molar-refractivity contribution in [2.45, 2.75) is 46.1 Å². The third-order valence-corrected chi connectivity index (χ3v) is 3.17. The van der Waals surface area contributed by atoms with Crippen LogP contribution in [0.1, 0.15) is 38.9 Å². The Labute approximate surface area is 109 Å². The molecule has 0 atom stereocenters. The van der Waals surface area contributed by atoms with Gasteiger partial charge in [0.05, 0.1) is 11.0 Å². The smallest absolute Gasteiger partial charge is 0.110 e. The normalized spacial score (nSPS) is 11.0. The summed E-state index contributed by atoms with van der Waals surface area (Å²) < 4.78 is 2.31. The molecule has 0 spiro atoms. The molecule has 1 heterocycles. The summed E-state index contributed by atoms with van der Waals surface area (Å²) in [5.74, 6) is 1.20. The summed E-state index contributed by atoms with van der Waals surface area (Å²) in [4.78, 5) is 4.76. The van der Waals surface area contributed by atoms with E-state index in [1.807, 2.05) is 0 Å². The molecule has 0 unspecified atom stereocenters. The van der Waals surface area contributed by atoms with Gasteiger partial charge < -0.3 is 4.57 Å². The Morgan fingerprint density at radius 3 is 2.78 bits per heavy atom. The van der Waals surface area contributed by atoms with Gasteiger partial charge in [0.1, 0.15) is 5.82 Å². The molecule has 96 valence electrons. The van der Waals surface area contributed by atoms with Crippen LogP contribution in [0.3, 0.4) is 0 Å². The Morgan fingerprint density at radius 1 is 1.28 bits per heavy atom. The molecule has 0 aliphatic heterocycles. The van der Waals surface area contributed by atoms with E-state index < -0.39 is 0 Å². The minimum Gasteiger partial charge on any atom is -0.324 e. The number of fused-ring (bicyclic) bond motifs is 1. The first-order chi connectivity index (χ1) is 8.72. The van der Waals surface area contributed by atoms with E-state index in [9.17, 15) is 0 Å². The maximum Gasteiger partial charge on any atom is 0.110 e. The minimum atomic E-state index is 0.877. The number of para-hydroxylation sites is 2. The number of hydrogen-bond donors (Lipinski definition) is 0. The predicted octanol–water partition coefficient (Wildman–Crippen LogP) is 4.35. The van der Waals surface area contributed by atoms with E-state index in [0.717, 1.165) is 18.5 Å². The molecule has 0 saturated heterocycles. The Bertz CT molecular complexity index is 537. The quantitative estimate of drug-likeness (QED) is 0.544. The molecule has 0 aliphatic carbocycles. The average Bonchev–Trinajstić information content (AvgIpc) is 2.68. The second kappa shape index (κ2) is 5.85. The van der Waals surface area contributed by atoms with Gasteiger partial charge in [0, 0.05) is 13.0 Å². The first-order valence-corrected chi connectivity index (χ1v) is 6.81. The first-order valence-electron chi connectivity index (χ1n) is 6.81. The van der Waals surface area contributed by atoms with Gasteiger partial charge in [-0.05, 0) is 25.5 Å². The SMILES string of the molecule is C=C(C)Cn1c(CCCCC)nc2ccccc21. The van der Waals surface area contributed by atoms with Gasteiger partial charge in [0.2, 0.25) is 0 Å². The van der Waals surface area contributed by atoms with Gasteiger partial charge in [-0.1, -0.05) is 44.1 Å². The maximum absolute atomic E-state index is 4.76. The van der Waals surface area contributed by atoms with Crippen molar-refractivity contribution in [1.29, 1.82) is 0 Å². The van der Waals surface area contributed by atoms with Crippen molar-refractivity contribution in [3.63, 3.8) is 0 Å². The number of aryl methyl sites for hydroxylation is 1. The van der Waals surface area contributed by atoms with Gasteiger partial charge in [-0.15, -0.1) is 0 Å². The molecule has 2 nitrogen and oxygen atoms in total. The molecule has 2 rings (SSSR count). The molecule has 0 N–H and O–H groups in total. The van der Waals surface area contributed by atoms with Crippen molar-refractivity contribution < 1.29 is 0 Å². The molecule has 0 saturated carbocycles. The summed E-state index contributed by atoms with van der Waals surface area (Å²) in [6, 6.07) is 8.37. The monoisotopic (exact) mass is 242 g/mol. The fourth-order valence-corrected chi connectivity index (χ4v) is 2.30. The van der Waals surface area contributed by atoms with Gasteiger partial charge in [0.25, 0.3) is 0 Å². The number of unbranched alkanes of at least 4 members (excludes halogenated alkanes) is 2. The van der Waals surface area contributed by atoms with Gasteiger partial charge in [-0.2, -0.15) is 0 Å². The highest BCUT2D eigenvalue weighted by Crippen LogP contribution is 2.18. The van der Waals surface area contributed by atoms with Crippen LogP contribution in [0.25, 0.3) is 11.0 Å². The lowest BCUT2D eigenvalue weighted by Gasteiger charge is -2.08. The van der Waals surface area contributed by atoms with Crippen LogP contribution in [0.5, 0.6) is 0 Å². The van der Waals surface area contributed by atoms with Crippen LogP contribution in [0.15, 0.2) is 36.4 Å². The lowest BCUT2D eigenvalue weighted by Crippen LogP contribution is -2.04. The van der Waals surface area contributed by atoms with Crippen molar-refractivity contribution in [2.75, 3.05) is 0 Å². The summed E-state index contributed by atoms with van der Waals surface area (Å²) in [7, 11) is 0. The van der Waals surface area contributed by atoms with E-state index in [0.29, 0.717) is 0 Å². The Kier molecular flexibility index (Phi) is 4.19. The first kappa shape index (κ1) is 12.9. The third-order valence-electron chi connectivity index (χ3n) is 3.17. The highest BCUT2D eigenvalue weighted by Gasteiger charge is 2.09. The number of allylic oxidation sites excluding steroid dienone is 1. The molecule has 0 amide bonds. The number of imidazole rings is 1. The van der Waals surface area contributed by atoms with E-state index in [1.54, 1.807) is 0 Å². The van der Waals surface area contributed by atoms with Gasteiger partial charge in [0.15, 0.2) is 0 Å². The molecule has 0 bridgehead atoms. The zero-order chi connectivity index (χ0) is 13.0. The zero-order valence-electron chi connectivity index (χ0n) is 11.4. The molecular weight excluding hydrogens is 220 g/mol. The lowest BCUT2D eigenvalue weighted by molar-refractivity contribution is 0.657. The zero-order valence-corrected chi connectivity index (χ0v) is 11.4. The summed E-state index contributed by atoms with van der Waals surface area (Å²) in [5, 5.41) is 0. The maximum atomic E-state index is 4.76. The highest BCUT2D eigenvalue weighted by molar-refractivity contribution is 5.76. The molecule has 0 aliphatic rings. The van der Waals surface area contributed by atoms with Gasteiger partial charge in [-0.25, -0.2) is 4.98 Å². The Morgan fingerprint density at radius 2 is 2.06 bits per heavy atom.